The third-order valence-corrected chi connectivity index (χ3v) is 16.4. The number of pyridine rings is 2. The molecule has 4 amide bonds. The summed E-state index contributed by atoms with van der Waals surface area (Å²) in [4.78, 5) is 68.5. The lowest BCUT2D eigenvalue weighted by molar-refractivity contribution is 0.0715. The highest BCUT2D eigenvalue weighted by molar-refractivity contribution is 7.93. The van der Waals surface area contributed by atoms with Crippen molar-refractivity contribution >= 4 is 76.9 Å². The van der Waals surface area contributed by atoms with Crippen LogP contribution in [0.2, 0.25) is 0 Å². The van der Waals surface area contributed by atoms with E-state index in [9.17, 15) is 44.8 Å². The standard InChI is InChI=1S/C56H46F4N8O8S2/c57-45-20-14-38(33-46(45)58)55(71)67-26-4-24-65(28-29-67)53(69)36-12-17-41(18-13-36)64-78(75,76)49-21-19-42(43-8-3-23-62-52(43)49)39-32-44(50(60)47(59)34-39)56(72)68-27-5-25-66(30-31-68)54(70)37-10-15-40(16-11-37)63-77(73,74)48-9-1-6-35-7-2-22-61-51(35)48/h1-3,6-23,32-34,63-64H,4-5,24-31H2. The number of carbonyl (C=O) groups excluding carboxylic acids is 4. The van der Waals surface area contributed by atoms with E-state index in [1.807, 2.05) is 0 Å². The van der Waals surface area contributed by atoms with Crippen molar-refractivity contribution < 1.29 is 53.6 Å². The van der Waals surface area contributed by atoms with Crippen LogP contribution >= 0.6 is 0 Å². The first kappa shape index (κ1) is 52.7. The number of sulfonamides is 2. The highest BCUT2D eigenvalue weighted by Crippen LogP contribution is 2.35. The first-order valence-electron chi connectivity index (χ1n) is 24.5. The average molecular weight is 1100 g/mol. The molecule has 2 saturated heterocycles. The van der Waals surface area contributed by atoms with Gasteiger partial charge in [-0.15, -0.1) is 0 Å². The maximum atomic E-state index is 15.7. The Morgan fingerprint density at radius 2 is 0.936 bits per heavy atom. The monoisotopic (exact) mass is 1100 g/mol. The van der Waals surface area contributed by atoms with E-state index in [1.54, 1.807) is 35.2 Å². The van der Waals surface area contributed by atoms with Gasteiger partial charge in [0.1, 0.15) is 9.79 Å². The van der Waals surface area contributed by atoms with Gasteiger partial charge in [0.05, 0.1) is 16.6 Å². The van der Waals surface area contributed by atoms with Crippen LogP contribution in [0.25, 0.3) is 32.9 Å². The number of anilines is 2. The van der Waals surface area contributed by atoms with Crippen molar-refractivity contribution in [2.45, 2.75) is 22.6 Å². The van der Waals surface area contributed by atoms with Crippen LogP contribution in [0.15, 0.2) is 156 Å². The molecule has 0 bridgehead atoms. The summed E-state index contributed by atoms with van der Waals surface area (Å²) in [6.07, 6.45) is 3.59. The molecule has 2 fully saturated rings. The van der Waals surface area contributed by atoms with Gasteiger partial charge in [-0.3, -0.25) is 38.6 Å². The molecule has 16 nitrogen and oxygen atoms in total. The van der Waals surface area contributed by atoms with Crippen LogP contribution in [0.4, 0.5) is 28.9 Å². The molecular weight excluding hydrogens is 1050 g/mol. The van der Waals surface area contributed by atoms with E-state index in [1.165, 1.54) is 112 Å². The average Bonchev–Trinajstić information content (AvgIpc) is 4.00. The fourth-order valence-electron chi connectivity index (χ4n) is 9.59. The van der Waals surface area contributed by atoms with Crippen LogP contribution in [0, 0.1) is 23.3 Å². The fourth-order valence-corrected chi connectivity index (χ4v) is 12.0. The van der Waals surface area contributed by atoms with Gasteiger partial charge in [0, 0.05) is 104 Å². The lowest BCUT2D eigenvalue weighted by atomic mass is 9.98. The van der Waals surface area contributed by atoms with Gasteiger partial charge in [-0.25, -0.2) is 34.4 Å². The number of amides is 4. The minimum Gasteiger partial charge on any atom is -0.337 e. The Labute approximate surface area is 445 Å². The maximum Gasteiger partial charge on any atom is 0.264 e. The van der Waals surface area contributed by atoms with E-state index in [0.29, 0.717) is 30.3 Å². The van der Waals surface area contributed by atoms with Crippen LogP contribution in [-0.4, -0.2) is 122 Å². The van der Waals surface area contributed by atoms with Gasteiger partial charge in [-0.1, -0.05) is 30.3 Å². The molecule has 2 aliphatic rings. The summed E-state index contributed by atoms with van der Waals surface area (Å²) in [6.45, 7) is 1.25. The predicted octanol–water partition coefficient (Wildman–Crippen LogP) is 8.58. The van der Waals surface area contributed by atoms with Gasteiger partial charge in [0.15, 0.2) is 23.3 Å². The smallest absolute Gasteiger partial charge is 0.264 e. The SMILES string of the molecule is O=C(c1ccc(NS(=O)(=O)c2ccc(-c3cc(F)c(F)c(C(=O)N4CCCN(C(=O)c5ccc(NS(=O)(=O)c6cccc7cccnc67)cc5)CC4)c3)c3cccnc23)cc1)N1CCCN(C(=O)c2ccc(F)c(F)c2)CC1. The van der Waals surface area contributed by atoms with Gasteiger partial charge in [0.25, 0.3) is 43.7 Å². The summed E-state index contributed by atoms with van der Waals surface area (Å²) in [5.74, 6) is -7.01. The molecule has 6 aromatic carbocycles. The summed E-state index contributed by atoms with van der Waals surface area (Å²) in [5.41, 5.74) is 0.828. The van der Waals surface area contributed by atoms with E-state index < -0.39 is 60.7 Å². The molecule has 0 spiro atoms. The predicted molar refractivity (Wildman–Crippen MR) is 283 cm³/mol. The molecule has 2 aliphatic heterocycles. The molecule has 8 aromatic rings. The molecule has 2 aromatic heterocycles. The first-order valence-corrected chi connectivity index (χ1v) is 27.5. The molecule has 0 radical (unpaired) electrons. The minimum atomic E-state index is -4.39. The van der Waals surface area contributed by atoms with Crippen molar-refractivity contribution in [3.05, 3.63) is 191 Å². The van der Waals surface area contributed by atoms with Gasteiger partial charge in [-0.2, -0.15) is 0 Å². The second-order valence-electron chi connectivity index (χ2n) is 18.5. The second kappa shape index (κ2) is 21.7. The Kier molecular flexibility index (Phi) is 14.7. The zero-order valence-electron chi connectivity index (χ0n) is 41.2. The molecule has 0 atom stereocenters. The molecule has 4 heterocycles. The van der Waals surface area contributed by atoms with Crippen LogP contribution in [0.1, 0.15) is 54.3 Å². The molecule has 78 heavy (non-hydrogen) atoms. The van der Waals surface area contributed by atoms with Crippen LogP contribution in [0.5, 0.6) is 0 Å². The number of hydrogen-bond acceptors (Lipinski definition) is 10. The largest absolute Gasteiger partial charge is 0.337 e. The molecule has 0 aliphatic carbocycles. The van der Waals surface area contributed by atoms with Crippen molar-refractivity contribution in [1.29, 1.82) is 0 Å². The van der Waals surface area contributed by atoms with Crippen molar-refractivity contribution in [2.75, 3.05) is 61.8 Å². The third-order valence-electron chi connectivity index (χ3n) is 13.6. The Morgan fingerprint density at radius 3 is 1.50 bits per heavy atom. The summed E-state index contributed by atoms with van der Waals surface area (Å²) in [5, 5.41) is 0.890. The van der Waals surface area contributed by atoms with Gasteiger partial charge in [0.2, 0.25) is 0 Å². The molecule has 0 unspecified atom stereocenters. The summed E-state index contributed by atoms with van der Waals surface area (Å²) >= 11 is 0. The summed E-state index contributed by atoms with van der Waals surface area (Å²) in [6, 6.07) is 30.6. The van der Waals surface area contributed by atoms with E-state index >= 15 is 8.78 Å². The number of rotatable bonds is 11. The Hall–Kier alpha value is -8.76. The summed E-state index contributed by atoms with van der Waals surface area (Å²) < 4.78 is 118. The van der Waals surface area contributed by atoms with Crippen LogP contribution < -0.4 is 9.44 Å². The highest BCUT2D eigenvalue weighted by Gasteiger charge is 2.30. The Morgan fingerprint density at radius 1 is 0.449 bits per heavy atom. The van der Waals surface area contributed by atoms with E-state index in [2.05, 4.69) is 19.4 Å². The van der Waals surface area contributed by atoms with Crippen molar-refractivity contribution in [3.63, 3.8) is 0 Å². The van der Waals surface area contributed by atoms with E-state index in [0.717, 1.165) is 18.2 Å². The van der Waals surface area contributed by atoms with E-state index in [4.69, 9.17) is 0 Å². The fraction of sp³-hybridized carbons (Fsp3) is 0.179. The number of aromatic nitrogens is 2. The normalized spacial score (nSPS) is 14.5. The number of fused-ring (bicyclic) bond motifs is 2. The van der Waals surface area contributed by atoms with Crippen molar-refractivity contribution in [2.24, 2.45) is 0 Å². The second-order valence-corrected chi connectivity index (χ2v) is 21.8. The van der Waals surface area contributed by atoms with Crippen LogP contribution in [-0.2, 0) is 20.0 Å². The zero-order chi connectivity index (χ0) is 54.9. The lowest BCUT2D eigenvalue weighted by Crippen LogP contribution is -2.37. The number of hydrogen-bond donors (Lipinski definition) is 2. The number of carbonyl (C=O) groups is 4. The van der Waals surface area contributed by atoms with E-state index in [-0.39, 0.29) is 118 Å². The quantitative estimate of drug-likeness (QED) is 0.118. The van der Waals surface area contributed by atoms with Crippen molar-refractivity contribution in [3.8, 4) is 11.1 Å². The zero-order valence-corrected chi connectivity index (χ0v) is 42.8. The minimum absolute atomic E-state index is 0.00865. The van der Waals surface area contributed by atoms with Crippen LogP contribution in [0.3, 0.4) is 0 Å². The van der Waals surface area contributed by atoms with Gasteiger partial charge >= 0.3 is 0 Å². The molecule has 0 saturated carbocycles. The lowest BCUT2D eigenvalue weighted by Gasteiger charge is -2.23. The first-order chi connectivity index (χ1) is 37.5. The summed E-state index contributed by atoms with van der Waals surface area (Å²) in [7, 11) is -8.43. The number of para-hydroxylation sites is 1. The molecule has 10 rings (SSSR count). The maximum absolute atomic E-state index is 15.7. The molecular formula is C56H46F4N8O8S2. The highest BCUT2D eigenvalue weighted by atomic mass is 32.2. The Bertz CT molecular complexity index is 3930. The van der Waals surface area contributed by atoms with Crippen molar-refractivity contribution in [1.82, 2.24) is 29.6 Å². The number of halogens is 4. The molecule has 2 N–H and O–H groups in total. The topological polar surface area (TPSA) is 199 Å². The molecule has 398 valence electrons. The third kappa shape index (κ3) is 10.8. The number of nitrogens with zero attached hydrogens (tertiary/aromatic N) is 6. The number of nitrogens with one attached hydrogen (secondary N) is 2. The molecule has 22 heteroatoms. The number of benzene rings is 6. The van der Waals surface area contributed by atoms with Gasteiger partial charge < -0.3 is 19.6 Å². The Balaban J connectivity index is 0.793. The van der Waals surface area contributed by atoms with Gasteiger partial charge in [-0.05, 0) is 127 Å².